The molecule has 0 N–H and O–H groups in total. The lowest BCUT2D eigenvalue weighted by Crippen LogP contribution is -2.48. The Bertz CT molecular complexity index is 930. The number of piperazine rings is 1. The summed E-state index contributed by atoms with van der Waals surface area (Å²) in [7, 11) is 0. The highest BCUT2D eigenvalue weighted by Gasteiger charge is 2.35. The molecule has 168 valence electrons. The molecule has 0 saturated carbocycles. The van der Waals surface area contributed by atoms with E-state index in [1.807, 2.05) is 17.0 Å². The third kappa shape index (κ3) is 5.40. The number of unbranched alkanes of at least 4 members (excludes halogenated alkanes) is 2. The van der Waals surface area contributed by atoms with E-state index in [4.69, 9.17) is 0 Å². The van der Waals surface area contributed by atoms with Crippen LogP contribution in [0.5, 0.6) is 0 Å². The average molecular weight is 435 g/mol. The topological polar surface area (TPSA) is 73.3 Å². The summed E-state index contributed by atoms with van der Waals surface area (Å²) in [4.78, 5) is 46.9. The molecule has 2 aliphatic heterocycles. The molecular weight excluding hydrogens is 404 g/mol. The number of imide groups is 1. The van der Waals surface area contributed by atoms with E-state index >= 15 is 0 Å². The largest absolute Gasteiger partial charge is 0.350 e. The molecule has 1 fully saturated rings. The molecule has 1 aromatic carbocycles. The van der Waals surface area contributed by atoms with Crippen LogP contribution in [-0.4, -0.2) is 71.0 Å². The van der Waals surface area contributed by atoms with E-state index in [0.29, 0.717) is 25.1 Å². The minimum atomic E-state index is -0.481. The molecule has 7 heteroatoms. The first-order chi connectivity index (χ1) is 15.6. The lowest BCUT2D eigenvalue weighted by atomic mass is 9.95. The van der Waals surface area contributed by atoms with E-state index in [-0.39, 0.29) is 11.8 Å². The molecule has 1 saturated heterocycles. The Labute approximate surface area is 189 Å². The van der Waals surface area contributed by atoms with Crippen molar-refractivity contribution in [3.63, 3.8) is 0 Å². The molecule has 0 spiro atoms. The molecule has 7 nitrogen and oxygen atoms in total. The van der Waals surface area contributed by atoms with E-state index < -0.39 is 11.9 Å². The molecule has 0 aromatic heterocycles. The second-order valence-corrected chi connectivity index (χ2v) is 8.48. The lowest BCUT2D eigenvalue weighted by molar-refractivity contribution is -0.133. The second-order valence-electron chi connectivity index (χ2n) is 8.48. The maximum absolute atomic E-state index is 12.6. The van der Waals surface area contributed by atoms with Crippen molar-refractivity contribution >= 4 is 23.6 Å². The SMILES string of the molecule is O=C(CCCCCN1C(=O)N=C2C=CC=CC2C1=O)N1CCN(Cc2ccccc2)CC1. The first kappa shape index (κ1) is 22.1. The number of urea groups is 1. The smallest absolute Gasteiger partial charge is 0.340 e. The number of hydrogen-bond donors (Lipinski definition) is 0. The Hall–Kier alpha value is -3.06. The van der Waals surface area contributed by atoms with Gasteiger partial charge in [0.05, 0.1) is 11.6 Å². The zero-order valence-corrected chi connectivity index (χ0v) is 18.4. The van der Waals surface area contributed by atoms with Crippen LogP contribution in [0.1, 0.15) is 31.2 Å². The van der Waals surface area contributed by atoms with Gasteiger partial charge in [-0.1, -0.05) is 55.0 Å². The number of rotatable bonds is 8. The van der Waals surface area contributed by atoms with Crippen LogP contribution in [0.2, 0.25) is 0 Å². The Morgan fingerprint density at radius 3 is 2.53 bits per heavy atom. The van der Waals surface area contributed by atoms with Crippen molar-refractivity contribution in [3.05, 3.63) is 60.2 Å². The van der Waals surface area contributed by atoms with E-state index in [2.05, 4.69) is 34.2 Å². The van der Waals surface area contributed by atoms with Crippen LogP contribution < -0.4 is 0 Å². The van der Waals surface area contributed by atoms with Crippen LogP contribution in [0.3, 0.4) is 0 Å². The second kappa shape index (κ2) is 10.5. The van der Waals surface area contributed by atoms with Gasteiger partial charge in [0.15, 0.2) is 0 Å². The highest BCUT2D eigenvalue weighted by Crippen LogP contribution is 2.20. The van der Waals surface area contributed by atoms with E-state index in [1.54, 1.807) is 18.2 Å². The molecule has 4 rings (SSSR count). The zero-order valence-electron chi connectivity index (χ0n) is 18.4. The van der Waals surface area contributed by atoms with Crippen molar-refractivity contribution in [2.24, 2.45) is 10.9 Å². The van der Waals surface area contributed by atoms with Crippen LogP contribution >= 0.6 is 0 Å². The maximum atomic E-state index is 12.6. The van der Waals surface area contributed by atoms with E-state index in [9.17, 15) is 14.4 Å². The van der Waals surface area contributed by atoms with E-state index in [1.165, 1.54) is 10.5 Å². The van der Waals surface area contributed by atoms with Gasteiger partial charge in [0, 0.05) is 45.7 Å². The monoisotopic (exact) mass is 434 g/mol. The van der Waals surface area contributed by atoms with Crippen LogP contribution in [-0.2, 0) is 16.1 Å². The van der Waals surface area contributed by atoms with Gasteiger partial charge in [-0.05, 0) is 24.5 Å². The van der Waals surface area contributed by atoms with Crippen LogP contribution in [0.4, 0.5) is 4.79 Å². The average Bonchev–Trinajstić information content (AvgIpc) is 2.82. The van der Waals surface area contributed by atoms with Gasteiger partial charge >= 0.3 is 6.03 Å². The molecular formula is C25H30N4O3. The minimum Gasteiger partial charge on any atom is -0.340 e. The number of aliphatic imine (C=N–C) groups is 1. The first-order valence-electron chi connectivity index (χ1n) is 11.4. The quantitative estimate of drug-likeness (QED) is 0.590. The summed E-state index contributed by atoms with van der Waals surface area (Å²) in [6.07, 6.45) is 9.84. The fraction of sp³-hybridized carbons (Fsp3) is 0.440. The molecule has 1 atom stereocenters. The van der Waals surface area contributed by atoms with Gasteiger partial charge in [0.25, 0.3) is 0 Å². The Morgan fingerprint density at radius 1 is 0.969 bits per heavy atom. The van der Waals surface area contributed by atoms with Crippen LogP contribution in [0.25, 0.3) is 0 Å². The van der Waals surface area contributed by atoms with Gasteiger partial charge in [-0.2, -0.15) is 4.99 Å². The predicted molar refractivity (Wildman–Crippen MR) is 123 cm³/mol. The Morgan fingerprint density at radius 2 is 1.75 bits per heavy atom. The molecule has 0 radical (unpaired) electrons. The van der Waals surface area contributed by atoms with E-state index in [0.717, 1.165) is 45.6 Å². The minimum absolute atomic E-state index is 0.197. The summed E-state index contributed by atoms with van der Waals surface area (Å²) in [6, 6.07) is 9.93. The summed E-state index contributed by atoms with van der Waals surface area (Å²) in [5, 5.41) is 0. The summed E-state index contributed by atoms with van der Waals surface area (Å²) in [5.74, 6) is -0.451. The number of amides is 4. The van der Waals surface area contributed by atoms with Crippen molar-refractivity contribution < 1.29 is 14.4 Å². The normalized spacial score (nSPS) is 21.0. The molecule has 0 bridgehead atoms. The Kier molecular flexibility index (Phi) is 7.27. The number of hydrogen-bond acceptors (Lipinski definition) is 4. The highest BCUT2D eigenvalue weighted by atomic mass is 16.2. The van der Waals surface area contributed by atoms with Crippen molar-refractivity contribution in [2.75, 3.05) is 32.7 Å². The van der Waals surface area contributed by atoms with Gasteiger partial charge in [-0.15, -0.1) is 0 Å². The Balaban J connectivity index is 1.13. The van der Waals surface area contributed by atoms with Gasteiger partial charge in [-0.25, -0.2) is 4.79 Å². The molecule has 1 aromatic rings. The summed E-state index contributed by atoms with van der Waals surface area (Å²) >= 11 is 0. The van der Waals surface area contributed by atoms with Crippen molar-refractivity contribution in [1.82, 2.24) is 14.7 Å². The molecule has 3 aliphatic rings. The fourth-order valence-corrected chi connectivity index (χ4v) is 4.36. The molecule has 4 amide bonds. The van der Waals surface area contributed by atoms with Crippen molar-refractivity contribution in [3.8, 4) is 0 Å². The fourth-order valence-electron chi connectivity index (χ4n) is 4.36. The van der Waals surface area contributed by atoms with Crippen LogP contribution in [0.15, 0.2) is 59.6 Å². The first-order valence-corrected chi connectivity index (χ1v) is 11.4. The highest BCUT2D eigenvalue weighted by molar-refractivity contribution is 6.21. The summed E-state index contributed by atoms with van der Waals surface area (Å²) < 4.78 is 0. The standard InChI is InChI=1S/C25H30N4O3/c30-23(28-17-15-27(16-18-28)19-20-9-3-1-4-10-20)13-5-2-8-14-29-24(31)21-11-6-7-12-22(21)26-25(29)32/h1,3-4,6-7,9-12,21H,2,5,8,13-19H2. The van der Waals surface area contributed by atoms with Crippen LogP contribution in [0, 0.1) is 5.92 Å². The maximum Gasteiger partial charge on any atom is 0.350 e. The third-order valence-corrected chi connectivity index (χ3v) is 6.23. The number of carbonyl (C=O) groups is 3. The van der Waals surface area contributed by atoms with Gasteiger partial charge in [0.2, 0.25) is 11.8 Å². The molecule has 1 unspecified atom stereocenters. The lowest BCUT2D eigenvalue weighted by Gasteiger charge is -2.34. The summed E-state index contributed by atoms with van der Waals surface area (Å²) in [6.45, 7) is 4.61. The number of benzene rings is 1. The molecule has 1 aliphatic carbocycles. The van der Waals surface area contributed by atoms with Gasteiger partial charge in [0.1, 0.15) is 0 Å². The predicted octanol–water partition coefficient (Wildman–Crippen LogP) is 3.04. The number of allylic oxidation sites excluding steroid dienone is 3. The molecule has 2 heterocycles. The van der Waals surface area contributed by atoms with Gasteiger partial charge < -0.3 is 4.90 Å². The molecule has 32 heavy (non-hydrogen) atoms. The summed E-state index contributed by atoms with van der Waals surface area (Å²) in [5.41, 5.74) is 1.82. The number of nitrogens with zero attached hydrogens (tertiary/aromatic N) is 4. The number of carbonyl (C=O) groups excluding carboxylic acids is 3. The van der Waals surface area contributed by atoms with Gasteiger partial charge in [-0.3, -0.25) is 19.4 Å². The zero-order chi connectivity index (χ0) is 22.3. The third-order valence-electron chi connectivity index (χ3n) is 6.23. The van der Waals surface area contributed by atoms with Crippen molar-refractivity contribution in [1.29, 1.82) is 0 Å². The number of fused-ring (bicyclic) bond motifs is 1. The van der Waals surface area contributed by atoms with Crippen molar-refractivity contribution in [2.45, 2.75) is 32.2 Å².